The predicted octanol–water partition coefficient (Wildman–Crippen LogP) is 2.03. The molecule has 1 N–H and O–H groups in total. The van der Waals surface area contributed by atoms with E-state index in [1.165, 1.54) is 6.92 Å². The fourth-order valence-corrected chi connectivity index (χ4v) is 7.30. The van der Waals surface area contributed by atoms with Gasteiger partial charge in [0, 0.05) is 39.5 Å². The number of ether oxygens (including phenoxy) is 6. The van der Waals surface area contributed by atoms with E-state index in [-0.39, 0.29) is 0 Å². The second kappa shape index (κ2) is 16.5. The Morgan fingerprint density at radius 1 is 0.930 bits per heavy atom. The van der Waals surface area contributed by atoms with Crippen LogP contribution < -0.4 is 5.32 Å². The summed E-state index contributed by atoms with van der Waals surface area (Å²) >= 11 is 2.20. The summed E-state index contributed by atoms with van der Waals surface area (Å²) in [4.78, 5) is 73.8. The Morgan fingerprint density at radius 3 is 2.05 bits per heavy atom. The molecule has 1 saturated heterocycles. The summed E-state index contributed by atoms with van der Waals surface area (Å²) in [6.45, 7) is 6.90. The number of benzene rings is 1. The van der Waals surface area contributed by atoms with E-state index in [0.717, 1.165) is 58.3 Å². The van der Waals surface area contributed by atoms with Gasteiger partial charge in [-0.1, -0.05) is 25.1 Å². The van der Waals surface area contributed by atoms with Crippen LogP contribution >= 0.6 is 23.5 Å². The van der Waals surface area contributed by atoms with Crippen LogP contribution in [0.3, 0.4) is 0 Å². The molecule has 1 aliphatic heterocycles. The molecule has 0 spiro atoms. The molecule has 0 aliphatic carbocycles. The molecule has 0 saturated carbocycles. The summed E-state index contributed by atoms with van der Waals surface area (Å²) in [5.41, 5.74) is 0. The Hall–Kier alpha value is -3.30. The number of nitrogens with one attached hydrogen (secondary N) is 1. The standard InChI is InChI=1S/C28H37NO12S2/c1-8-42-28(27(35)36-7)26(43-20-12-10-9-11-13-20)25(40-19(6)34)22(29-15(2)30)24(41-28)23(39-18(5)33)21(38-17(4)32)14-37-16(3)31/h9-13,21-26H,8,14H2,1-7H3,(H,29,30)/t21-,22+,23-,24?,25+,26+,28+/m1/s1. The summed E-state index contributed by atoms with van der Waals surface area (Å²) in [5, 5.41) is 1.69. The Labute approximate surface area is 258 Å². The Kier molecular flexibility index (Phi) is 13.8. The zero-order chi connectivity index (χ0) is 32.3. The number of methoxy groups -OCH3 is 1. The third-order valence-electron chi connectivity index (χ3n) is 5.96. The lowest BCUT2D eigenvalue weighted by atomic mass is 9.88. The maximum Gasteiger partial charge on any atom is 0.350 e. The highest BCUT2D eigenvalue weighted by Gasteiger charge is 2.64. The van der Waals surface area contributed by atoms with Gasteiger partial charge in [0.25, 0.3) is 0 Å². The Bertz CT molecular complexity index is 1170. The maximum atomic E-state index is 13.7. The highest BCUT2D eigenvalue weighted by atomic mass is 32.2. The molecule has 1 aliphatic rings. The first-order chi connectivity index (χ1) is 20.2. The number of rotatable bonds is 13. The van der Waals surface area contributed by atoms with Crippen molar-refractivity contribution in [3.05, 3.63) is 30.3 Å². The number of carbonyl (C=O) groups is 6. The number of hydrogen-bond acceptors (Lipinski definition) is 14. The van der Waals surface area contributed by atoms with Gasteiger partial charge in [-0.05, 0) is 17.9 Å². The van der Waals surface area contributed by atoms with E-state index in [4.69, 9.17) is 28.4 Å². The smallest absolute Gasteiger partial charge is 0.350 e. The highest BCUT2D eigenvalue weighted by molar-refractivity contribution is 8.04. The van der Waals surface area contributed by atoms with Gasteiger partial charge in [-0.3, -0.25) is 24.0 Å². The van der Waals surface area contributed by atoms with Crippen LogP contribution in [-0.4, -0.2) is 95.9 Å². The third-order valence-corrected chi connectivity index (χ3v) is 8.74. The van der Waals surface area contributed by atoms with Crippen molar-refractivity contribution in [1.29, 1.82) is 0 Å². The molecule has 238 valence electrons. The number of esters is 5. The quantitative estimate of drug-likeness (QED) is 0.245. The molecule has 7 atom stereocenters. The first-order valence-corrected chi connectivity index (χ1v) is 15.2. The first kappa shape index (κ1) is 35.9. The van der Waals surface area contributed by atoms with Gasteiger partial charge in [-0.2, -0.15) is 0 Å². The lowest BCUT2D eigenvalue weighted by molar-refractivity contribution is -0.222. The van der Waals surface area contributed by atoms with Gasteiger partial charge in [0.2, 0.25) is 10.8 Å². The molecule has 15 heteroatoms. The zero-order valence-corrected chi connectivity index (χ0v) is 26.6. The van der Waals surface area contributed by atoms with E-state index in [9.17, 15) is 28.8 Å². The van der Waals surface area contributed by atoms with Gasteiger partial charge in [0.15, 0.2) is 12.2 Å². The van der Waals surface area contributed by atoms with E-state index in [2.05, 4.69) is 5.32 Å². The monoisotopic (exact) mass is 643 g/mol. The molecule has 1 unspecified atom stereocenters. The van der Waals surface area contributed by atoms with Crippen LogP contribution in [-0.2, 0) is 57.2 Å². The van der Waals surface area contributed by atoms with Crippen LogP contribution in [0.5, 0.6) is 0 Å². The minimum atomic E-state index is -1.91. The van der Waals surface area contributed by atoms with E-state index in [1.54, 1.807) is 37.3 Å². The SMILES string of the molecule is CCS[C@@]1(C(=O)OC)OC([C@H](OC(C)=O)[C@@H](COC(C)=O)OC(C)=O)[C@H](NC(C)=O)[C@H](OC(C)=O)[C@@H]1Sc1ccccc1. The maximum absolute atomic E-state index is 13.7. The molecule has 1 aromatic rings. The topological polar surface area (TPSA) is 170 Å². The van der Waals surface area contributed by atoms with Crippen molar-refractivity contribution in [2.45, 2.75) is 87.1 Å². The van der Waals surface area contributed by atoms with Gasteiger partial charge in [0.1, 0.15) is 18.8 Å². The minimum Gasteiger partial charge on any atom is -0.466 e. The van der Waals surface area contributed by atoms with Crippen LogP contribution in [0.1, 0.15) is 41.5 Å². The largest absolute Gasteiger partial charge is 0.466 e. The molecule has 1 amide bonds. The van der Waals surface area contributed by atoms with Crippen LogP contribution in [0.25, 0.3) is 0 Å². The fraction of sp³-hybridized carbons (Fsp3) is 0.571. The van der Waals surface area contributed by atoms with E-state index in [1.807, 2.05) is 0 Å². The fourth-order valence-electron chi connectivity index (χ4n) is 4.57. The van der Waals surface area contributed by atoms with Crippen molar-refractivity contribution in [1.82, 2.24) is 5.32 Å². The number of amides is 1. The summed E-state index contributed by atoms with van der Waals surface area (Å²) in [6.07, 6.45) is -5.80. The molecule has 2 rings (SSSR count). The highest BCUT2D eigenvalue weighted by Crippen LogP contribution is 2.49. The van der Waals surface area contributed by atoms with Gasteiger partial charge in [0.05, 0.1) is 18.4 Å². The summed E-state index contributed by atoms with van der Waals surface area (Å²) in [5.74, 6) is -4.21. The lowest BCUT2D eigenvalue weighted by Crippen LogP contribution is -2.73. The molecular formula is C28H37NO12S2. The molecule has 0 bridgehead atoms. The Morgan fingerprint density at radius 2 is 1.56 bits per heavy atom. The van der Waals surface area contributed by atoms with Crippen LogP contribution in [0.2, 0.25) is 0 Å². The minimum absolute atomic E-state index is 0.310. The van der Waals surface area contributed by atoms with Crippen LogP contribution in [0, 0.1) is 0 Å². The number of hydrogen-bond donors (Lipinski definition) is 1. The average molecular weight is 644 g/mol. The van der Waals surface area contributed by atoms with Crippen LogP contribution in [0.4, 0.5) is 0 Å². The van der Waals surface area contributed by atoms with E-state index < -0.39 is 83.0 Å². The first-order valence-electron chi connectivity index (χ1n) is 13.3. The molecule has 43 heavy (non-hydrogen) atoms. The third kappa shape index (κ3) is 9.86. The second-order valence-electron chi connectivity index (χ2n) is 9.35. The van der Waals surface area contributed by atoms with Crippen molar-refractivity contribution in [2.75, 3.05) is 19.5 Å². The van der Waals surface area contributed by atoms with Crippen molar-refractivity contribution < 1.29 is 57.2 Å². The molecule has 1 aromatic carbocycles. The second-order valence-corrected chi connectivity index (χ2v) is 12.0. The molecule has 13 nitrogen and oxygen atoms in total. The molecule has 1 heterocycles. The van der Waals surface area contributed by atoms with E-state index in [0.29, 0.717) is 10.6 Å². The number of thioether (sulfide) groups is 2. The average Bonchev–Trinajstić information content (AvgIpc) is 2.92. The van der Waals surface area contributed by atoms with Gasteiger partial charge in [-0.15, -0.1) is 23.5 Å². The molecule has 0 radical (unpaired) electrons. The summed E-state index contributed by atoms with van der Waals surface area (Å²) in [7, 11) is 1.16. The summed E-state index contributed by atoms with van der Waals surface area (Å²) < 4.78 is 33.7. The lowest BCUT2D eigenvalue weighted by Gasteiger charge is -2.52. The van der Waals surface area contributed by atoms with E-state index >= 15 is 0 Å². The number of carbonyl (C=O) groups excluding carboxylic acids is 6. The summed E-state index contributed by atoms with van der Waals surface area (Å²) in [6, 6.07) is 7.66. The predicted molar refractivity (Wildman–Crippen MR) is 155 cm³/mol. The van der Waals surface area contributed by atoms with Crippen LogP contribution in [0.15, 0.2) is 35.2 Å². The van der Waals surface area contributed by atoms with Crippen molar-refractivity contribution in [3.63, 3.8) is 0 Å². The van der Waals surface area contributed by atoms with Crippen molar-refractivity contribution >= 4 is 59.3 Å². The van der Waals surface area contributed by atoms with Gasteiger partial charge >= 0.3 is 29.8 Å². The molecular weight excluding hydrogens is 606 g/mol. The zero-order valence-electron chi connectivity index (χ0n) is 25.0. The van der Waals surface area contributed by atoms with Crippen molar-refractivity contribution in [3.8, 4) is 0 Å². The molecule has 1 fully saturated rings. The normalized spacial score (nSPS) is 24.4. The molecule has 0 aromatic heterocycles. The van der Waals surface area contributed by atoms with Gasteiger partial charge in [-0.25, -0.2) is 4.79 Å². The van der Waals surface area contributed by atoms with Gasteiger partial charge < -0.3 is 33.7 Å². The van der Waals surface area contributed by atoms with Crippen molar-refractivity contribution in [2.24, 2.45) is 0 Å². The Balaban J connectivity index is 2.89.